The number of benzene rings is 1. The molecule has 3 rings (SSSR count). The van der Waals surface area contributed by atoms with Crippen molar-refractivity contribution in [1.29, 1.82) is 0 Å². The minimum absolute atomic E-state index is 0.0696. The molecule has 10 nitrogen and oxygen atoms in total. The summed E-state index contributed by atoms with van der Waals surface area (Å²) in [6.07, 6.45) is 2.49. The monoisotopic (exact) mass is 465 g/mol. The Morgan fingerprint density at radius 2 is 1.69 bits per heavy atom. The van der Waals surface area contributed by atoms with Gasteiger partial charge in [-0.1, -0.05) is 6.42 Å². The number of methoxy groups -OCH3 is 1. The molecule has 2 aromatic rings. The van der Waals surface area contributed by atoms with Crippen molar-refractivity contribution in [2.75, 3.05) is 20.2 Å². The first-order valence-corrected chi connectivity index (χ1v) is 11.7. The summed E-state index contributed by atoms with van der Waals surface area (Å²) in [4.78, 5) is 24.7. The molecule has 174 valence electrons. The lowest BCUT2D eigenvalue weighted by atomic mass is 10.2. The van der Waals surface area contributed by atoms with Crippen molar-refractivity contribution in [3.63, 3.8) is 0 Å². The Morgan fingerprint density at radius 3 is 2.34 bits per heavy atom. The molecular formula is C21H27N3O7S. The number of hydrazine groups is 1. The predicted octanol–water partition coefficient (Wildman–Crippen LogP) is 2.32. The van der Waals surface area contributed by atoms with Crippen LogP contribution >= 0.6 is 0 Å². The maximum Gasteiger partial charge on any atom is 0.305 e. The number of amides is 2. The van der Waals surface area contributed by atoms with Gasteiger partial charge in [0.1, 0.15) is 0 Å². The van der Waals surface area contributed by atoms with E-state index in [-0.39, 0.29) is 22.5 Å². The van der Waals surface area contributed by atoms with E-state index < -0.39 is 21.8 Å². The SMILES string of the molecule is COc1cc(C(=O)NNC(=O)c2ccc(S(=O)(=O)N3CCCCC3)o2)ccc1OC(C)C. The topological polar surface area (TPSA) is 127 Å². The van der Waals surface area contributed by atoms with E-state index in [1.165, 1.54) is 35.7 Å². The molecule has 0 radical (unpaired) electrons. The maximum absolute atomic E-state index is 12.6. The van der Waals surface area contributed by atoms with Crippen LogP contribution in [0.1, 0.15) is 54.0 Å². The second-order valence-corrected chi connectivity index (χ2v) is 9.39. The fraction of sp³-hybridized carbons (Fsp3) is 0.429. The highest BCUT2D eigenvalue weighted by molar-refractivity contribution is 7.89. The van der Waals surface area contributed by atoms with Crippen LogP contribution in [0.4, 0.5) is 0 Å². The molecule has 0 saturated carbocycles. The van der Waals surface area contributed by atoms with E-state index in [4.69, 9.17) is 13.9 Å². The molecule has 32 heavy (non-hydrogen) atoms. The number of nitrogens with zero attached hydrogens (tertiary/aromatic N) is 1. The second kappa shape index (κ2) is 10.0. The van der Waals surface area contributed by atoms with Crippen LogP contribution in [0, 0.1) is 0 Å². The van der Waals surface area contributed by atoms with Crippen molar-refractivity contribution < 1.29 is 31.9 Å². The normalized spacial score (nSPS) is 14.8. The number of piperidine rings is 1. The first-order valence-electron chi connectivity index (χ1n) is 10.3. The van der Waals surface area contributed by atoms with E-state index in [1.54, 1.807) is 6.07 Å². The molecule has 0 aliphatic carbocycles. The average Bonchev–Trinajstić information content (AvgIpc) is 3.29. The van der Waals surface area contributed by atoms with Gasteiger partial charge in [0, 0.05) is 18.7 Å². The number of ether oxygens (including phenoxy) is 2. The van der Waals surface area contributed by atoms with Gasteiger partial charge in [-0.25, -0.2) is 8.42 Å². The molecule has 2 amide bonds. The minimum atomic E-state index is -3.80. The van der Waals surface area contributed by atoms with Crippen LogP contribution in [0.15, 0.2) is 39.8 Å². The summed E-state index contributed by atoms with van der Waals surface area (Å²) < 4.78 is 42.7. The average molecular weight is 466 g/mol. The van der Waals surface area contributed by atoms with Gasteiger partial charge in [0.05, 0.1) is 13.2 Å². The van der Waals surface area contributed by atoms with Crippen molar-refractivity contribution >= 4 is 21.8 Å². The standard InChI is InChI=1S/C21H27N3O7S/c1-14(2)30-16-8-7-15(13-18(16)29-3)20(25)22-23-21(26)17-9-10-19(31-17)32(27,28)24-11-5-4-6-12-24/h7-10,13-14H,4-6,11-12H2,1-3H3,(H,22,25)(H,23,26). The number of hydrogen-bond acceptors (Lipinski definition) is 7. The molecule has 2 N–H and O–H groups in total. The molecule has 1 aromatic heterocycles. The first kappa shape index (κ1) is 23.6. The van der Waals surface area contributed by atoms with Crippen LogP contribution in [-0.4, -0.2) is 50.8 Å². The largest absolute Gasteiger partial charge is 0.493 e. The zero-order chi connectivity index (χ0) is 23.3. The van der Waals surface area contributed by atoms with Gasteiger partial charge >= 0.3 is 5.91 Å². The highest BCUT2D eigenvalue weighted by Crippen LogP contribution is 2.29. The van der Waals surface area contributed by atoms with E-state index >= 15 is 0 Å². The van der Waals surface area contributed by atoms with E-state index in [1.807, 2.05) is 13.8 Å². The quantitative estimate of drug-likeness (QED) is 0.601. The van der Waals surface area contributed by atoms with Gasteiger partial charge < -0.3 is 13.9 Å². The molecule has 0 spiro atoms. The van der Waals surface area contributed by atoms with Gasteiger partial charge in [-0.05, 0) is 57.0 Å². The third-order valence-corrected chi connectivity index (χ3v) is 6.57. The molecule has 2 heterocycles. The van der Waals surface area contributed by atoms with Crippen LogP contribution in [0.5, 0.6) is 11.5 Å². The molecule has 0 bridgehead atoms. The van der Waals surface area contributed by atoms with Crippen LogP contribution in [-0.2, 0) is 10.0 Å². The Kier molecular flexibility index (Phi) is 7.41. The zero-order valence-corrected chi connectivity index (χ0v) is 19.0. The van der Waals surface area contributed by atoms with Crippen molar-refractivity contribution in [3.8, 4) is 11.5 Å². The zero-order valence-electron chi connectivity index (χ0n) is 18.2. The Labute approximate surface area is 186 Å². The van der Waals surface area contributed by atoms with Crippen LogP contribution in [0.25, 0.3) is 0 Å². The summed E-state index contributed by atoms with van der Waals surface area (Å²) in [5.74, 6) is -0.762. The van der Waals surface area contributed by atoms with Crippen molar-refractivity contribution in [1.82, 2.24) is 15.2 Å². The maximum atomic E-state index is 12.6. The lowest BCUT2D eigenvalue weighted by molar-refractivity contribution is 0.0827. The number of carbonyl (C=O) groups is 2. The molecule has 1 aliphatic heterocycles. The molecule has 1 saturated heterocycles. The minimum Gasteiger partial charge on any atom is -0.493 e. The Bertz CT molecular complexity index is 1070. The van der Waals surface area contributed by atoms with Crippen LogP contribution in [0.2, 0.25) is 0 Å². The van der Waals surface area contributed by atoms with E-state index in [0.29, 0.717) is 24.6 Å². The molecule has 1 aromatic carbocycles. The summed E-state index contributed by atoms with van der Waals surface area (Å²) in [5.41, 5.74) is 4.71. The van der Waals surface area contributed by atoms with Crippen molar-refractivity contribution in [3.05, 3.63) is 41.7 Å². The summed E-state index contributed by atoms with van der Waals surface area (Å²) in [5, 5.41) is -0.304. The summed E-state index contributed by atoms with van der Waals surface area (Å²) >= 11 is 0. The molecule has 0 unspecified atom stereocenters. The number of carbonyl (C=O) groups excluding carboxylic acids is 2. The van der Waals surface area contributed by atoms with Gasteiger partial charge in [0.15, 0.2) is 17.3 Å². The van der Waals surface area contributed by atoms with E-state index in [9.17, 15) is 18.0 Å². The summed E-state index contributed by atoms with van der Waals surface area (Å²) in [6, 6.07) is 7.09. The van der Waals surface area contributed by atoms with Crippen molar-refractivity contribution in [2.45, 2.75) is 44.3 Å². The summed E-state index contributed by atoms with van der Waals surface area (Å²) in [6.45, 7) is 4.58. The van der Waals surface area contributed by atoms with Gasteiger partial charge in [0.2, 0.25) is 5.09 Å². The van der Waals surface area contributed by atoms with Crippen LogP contribution < -0.4 is 20.3 Å². The molecule has 0 atom stereocenters. The third-order valence-electron chi connectivity index (χ3n) is 4.79. The summed E-state index contributed by atoms with van der Waals surface area (Å²) in [7, 11) is -2.34. The molecule has 1 fully saturated rings. The number of rotatable bonds is 7. The number of nitrogens with one attached hydrogen (secondary N) is 2. The molecule has 11 heteroatoms. The van der Waals surface area contributed by atoms with E-state index in [0.717, 1.165) is 19.3 Å². The van der Waals surface area contributed by atoms with Gasteiger partial charge in [-0.3, -0.25) is 20.4 Å². The highest BCUT2D eigenvalue weighted by Gasteiger charge is 2.29. The third kappa shape index (κ3) is 5.40. The lowest BCUT2D eigenvalue weighted by Crippen LogP contribution is -2.41. The molecular weight excluding hydrogens is 438 g/mol. The van der Waals surface area contributed by atoms with Crippen LogP contribution in [0.3, 0.4) is 0 Å². The number of sulfonamides is 1. The number of hydrogen-bond donors (Lipinski definition) is 2. The number of furan rings is 1. The van der Waals surface area contributed by atoms with E-state index in [2.05, 4.69) is 10.9 Å². The predicted molar refractivity (Wildman–Crippen MR) is 115 cm³/mol. The highest BCUT2D eigenvalue weighted by atomic mass is 32.2. The van der Waals surface area contributed by atoms with Gasteiger partial charge in [0.25, 0.3) is 15.9 Å². The fourth-order valence-electron chi connectivity index (χ4n) is 3.22. The van der Waals surface area contributed by atoms with Crippen molar-refractivity contribution in [2.24, 2.45) is 0 Å². The Hall–Kier alpha value is -3.05. The van der Waals surface area contributed by atoms with Gasteiger partial charge in [-0.2, -0.15) is 4.31 Å². The Morgan fingerprint density at radius 1 is 1.00 bits per heavy atom. The lowest BCUT2D eigenvalue weighted by Gasteiger charge is -2.24. The first-order chi connectivity index (χ1) is 15.2. The Balaban J connectivity index is 1.63. The fourth-order valence-corrected chi connectivity index (χ4v) is 4.65. The molecule has 1 aliphatic rings. The second-order valence-electron chi connectivity index (χ2n) is 7.52. The smallest absolute Gasteiger partial charge is 0.305 e. The van der Waals surface area contributed by atoms with Gasteiger partial charge in [-0.15, -0.1) is 0 Å².